The van der Waals surface area contributed by atoms with Crippen molar-refractivity contribution in [2.45, 2.75) is 46.2 Å². The van der Waals surface area contributed by atoms with Crippen LogP contribution in [0, 0.1) is 0 Å². The fourth-order valence-corrected chi connectivity index (χ4v) is 1.51. The summed E-state index contributed by atoms with van der Waals surface area (Å²) in [5.74, 6) is 1.50. The van der Waals surface area contributed by atoms with Crippen molar-refractivity contribution >= 4 is 0 Å². The third-order valence-corrected chi connectivity index (χ3v) is 1.97. The van der Waals surface area contributed by atoms with E-state index >= 15 is 0 Å². The van der Waals surface area contributed by atoms with Crippen LogP contribution in [0.5, 0.6) is 5.95 Å². The van der Waals surface area contributed by atoms with Gasteiger partial charge in [0, 0.05) is 11.6 Å². The molecule has 0 aliphatic rings. The van der Waals surface area contributed by atoms with Crippen molar-refractivity contribution in [2.24, 2.45) is 0 Å². The highest BCUT2D eigenvalue weighted by atomic mass is 16.6. The Labute approximate surface area is 91.8 Å². The maximum atomic E-state index is 5.55. The van der Waals surface area contributed by atoms with E-state index in [-0.39, 0.29) is 11.6 Å². The molecule has 1 N–H and O–H groups in total. The van der Waals surface area contributed by atoms with Crippen molar-refractivity contribution in [1.29, 1.82) is 0 Å². The largest absolute Gasteiger partial charge is 0.465 e. The molecule has 1 heterocycles. The molecule has 1 unspecified atom stereocenters. The topological polar surface area (TPSA) is 34.4 Å². The normalized spacial score (nSPS) is 13.9. The molecule has 0 saturated carbocycles. The van der Waals surface area contributed by atoms with E-state index in [0.29, 0.717) is 12.6 Å². The van der Waals surface area contributed by atoms with Gasteiger partial charge in [0.25, 0.3) is 5.95 Å². The zero-order chi connectivity index (χ0) is 11.5. The Kier molecular flexibility index (Phi) is 3.80. The third kappa shape index (κ3) is 3.96. The fourth-order valence-electron chi connectivity index (χ4n) is 1.51. The monoisotopic (exact) mass is 211 g/mol. The number of ether oxygens (including phenoxy) is 1. The molecule has 0 aliphatic carbocycles. The predicted octanol–water partition coefficient (Wildman–Crippen LogP) is 3.13. The lowest BCUT2D eigenvalue weighted by Crippen LogP contribution is -2.37. The molecule has 0 bridgehead atoms. The number of nitrogens with one attached hydrogen (secondary N) is 1. The zero-order valence-corrected chi connectivity index (χ0v) is 10.3. The van der Waals surface area contributed by atoms with Gasteiger partial charge in [0.15, 0.2) is 0 Å². The SMILES string of the molecule is CCOc1ccc(C(C)NC(C)(C)C)o1. The molecule has 0 saturated heterocycles. The lowest BCUT2D eigenvalue weighted by atomic mass is 10.1. The van der Waals surface area contributed by atoms with E-state index in [1.807, 2.05) is 19.1 Å². The molecular weight excluding hydrogens is 190 g/mol. The van der Waals surface area contributed by atoms with Crippen molar-refractivity contribution in [1.82, 2.24) is 5.32 Å². The van der Waals surface area contributed by atoms with Gasteiger partial charge in [0.1, 0.15) is 5.76 Å². The smallest absolute Gasteiger partial charge is 0.284 e. The third-order valence-electron chi connectivity index (χ3n) is 1.97. The predicted molar refractivity (Wildman–Crippen MR) is 61.2 cm³/mol. The summed E-state index contributed by atoms with van der Waals surface area (Å²) in [6.45, 7) is 11.1. The summed E-state index contributed by atoms with van der Waals surface area (Å²) in [6, 6.07) is 4.01. The molecule has 0 aliphatic heterocycles. The number of hydrogen-bond donors (Lipinski definition) is 1. The Morgan fingerprint density at radius 1 is 1.40 bits per heavy atom. The van der Waals surface area contributed by atoms with E-state index in [0.717, 1.165) is 5.76 Å². The zero-order valence-electron chi connectivity index (χ0n) is 10.3. The summed E-state index contributed by atoms with van der Waals surface area (Å²) < 4.78 is 10.8. The van der Waals surface area contributed by atoms with Crippen LogP contribution in [-0.4, -0.2) is 12.1 Å². The molecule has 0 aromatic carbocycles. The Hall–Kier alpha value is -0.960. The van der Waals surface area contributed by atoms with Crippen LogP contribution >= 0.6 is 0 Å². The summed E-state index contributed by atoms with van der Waals surface area (Å²) >= 11 is 0. The molecule has 3 nitrogen and oxygen atoms in total. The number of rotatable bonds is 4. The molecule has 1 aromatic heterocycles. The second kappa shape index (κ2) is 4.71. The average molecular weight is 211 g/mol. The van der Waals surface area contributed by atoms with Gasteiger partial charge in [-0.2, -0.15) is 0 Å². The highest BCUT2D eigenvalue weighted by Crippen LogP contribution is 2.23. The van der Waals surface area contributed by atoms with Gasteiger partial charge < -0.3 is 14.5 Å². The molecule has 1 rings (SSSR count). The van der Waals surface area contributed by atoms with Crippen LogP contribution in [0.2, 0.25) is 0 Å². The standard InChI is InChI=1S/C12H21NO2/c1-6-14-11-8-7-10(15-11)9(2)13-12(3,4)5/h7-9,13H,6H2,1-5H3. The van der Waals surface area contributed by atoms with Crippen molar-refractivity contribution in [3.05, 3.63) is 17.9 Å². The van der Waals surface area contributed by atoms with Crippen molar-refractivity contribution in [2.75, 3.05) is 6.61 Å². The van der Waals surface area contributed by atoms with Crippen LogP contribution in [0.25, 0.3) is 0 Å². The molecule has 0 amide bonds. The molecule has 1 aromatic rings. The maximum absolute atomic E-state index is 5.55. The van der Waals surface area contributed by atoms with Crippen LogP contribution in [0.15, 0.2) is 16.5 Å². The van der Waals surface area contributed by atoms with E-state index in [1.165, 1.54) is 0 Å². The lowest BCUT2D eigenvalue weighted by Gasteiger charge is -2.24. The number of furan rings is 1. The van der Waals surface area contributed by atoms with Crippen molar-refractivity contribution in [3.8, 4) is 5.95 Å². The second-order valence-electron chi connectivity index (χ2n) is 4.71. The van der Waals surface area contributed by atoms with Gasteiger partial charge in [-0.15, -0.1) is 0 Å². The first-order chi connectivity index (χ1) is 6.92. The van der Waals surface area contributed by atoms with E-state index in [2.05, 4.69) is 33.0 Å². The summed E-state index contributed by atoms with van der Waals surface area (Å²) in [4.78, 5) is 0. The number of hydrogen-bond acceptors (Lipinski definition) is 3. The summed E-state index contributed by atoms with van der Waals surface area (Å²) in [5, 5.41) is 3.44. The molecule has 0 fully saturated rings. The van der Waals surface area contributed by atoms with Crippen LogP contribution in [0.4, 0.5) is 0 Å². The van der Waals surface area contributed by atoms with Crippen LogP contribution < -0.4 is 10.1 Å². The van der Waals surface area contributed by atoms with E-state index in [9.17, 15) is 0 Å². The highest BCUT2D eigenvalue weighted by molar-refractivity contribution is 5.14. The van der Waals surface area contributed by atoms with Gasteiger partial charge in [0.2, 0.25) is 0 Å². The van der Waals surface area contributed by atoms with E-state index in [4.69, 9.17) is 9.15 Å². The van der Waals surface area contributed by atoms with Gasteiger partial charge >= 0.3 is 0 Å². The van der Waals surface area contributed by atoms with E-state index in [1.54, 1.807) is 0 Å². The summed E-state index contributed by atoms with van der Waals surface area (Å²) in [6.07, 6.45) is 0. The molecule has 1 atom stereocenters. The summed E-state index contributed by atoms with van der Waals surface area (Å²) in [7, 11) is 0. The molecule has 15 heavy (non-hydrogen) atoms. The van der Waals surface area contributed by atoms with Crippen LogP contribution in [-0.2, 0) is 0 Å². The Bertz CT molecular complexity index is 299. The van der Waals surface area contributed by atoms with Gasteiger partial charge in [-0.3, -0.25) is 0 Å². The summed E-state index contributed by atoms with van der Waals surface area (Å²) in [5.41, 5.74) is 0.0813. The van der Waals surface area contributed by atoms with Gasteiger partial charge in [-0.1, -0.05) is 0 Å². The van der Waals surface area contributed by atoms with Crippen molar-refractivity contribution < 1.29 is 9.15 Å². The first-order valence-electron chi connectivity index (χ1n) is 5.42. The molecule has 0 spiro atoms. The van der Waals surface area contributed by atoms with E-state index < -0.39 is 0 Å². The Balaban J connectivity index is 2.61. The second-order valence-corrected chi connectivity index (χ2v) is 4.71. The van der Waals surface area contributed by atoms with Crippen molar-refractivity contribution in [3.63, 3.8) is 0 Å². The molecule has 3 heteroatoms. The van der Waals surface area contributed by atoms with Gasteiger partial charge in [-0.05, 0) is 40.7 Å². The quantitative estimate of drug-likeness (QED) is 0.830. The first-order valence-corrected chi connectivity index (χ1v) is 5.42. The Morgan fingerprint density at radius 2 is 2.07 bits per heavy atom. The first kappa shape index (κ1) is 12.1. The van der Waals surface area contributed by atoms with Crippen LogP contribution in [0.1, 0.15) is 46.4 Å². The molecule has 86 valence electrons. The maximum Gasteiger partial charge on any atom is 0.284 e. The fraction of sp³-hybridized carbons (Fsp3) is 0.667. The highest BCUT2D eigenvalue weighted by Gasteiger charge is 2.17. The van der Waals surface area contributed by atoms with Gasteiger partial charge in [-0.25, -0.2) is 0 Å². The minimum absolute atomic E-state index is 0.0813. The molecule has 0 radical (unpaired) electrons. The minimum atomic E-state index is 0.0813. The molecular formula is C12H21NO2. The average Bonchev–Trinajstić information content (AvgIpc) is 2.50. The minimum Gasteiger partial charge on any atom is -0.465 e. The lowest BCUT2D eigenvalue weighted by molar-refractivity contribution is 0.238. The Morgan fingerprint density at radius 3 is 2.60 bits per heavy atom. The van der Waals surface area contributed by atoms with Gasteiger partial charge in [0.05, 0.1) is 12.6 Å². The van der Waals surface area contributed by atoms with Crippen LogP contribution in [0.3, 0.4) is 0 Å².